The third-order valence-corrected chi connectivity index (χ3v) is 2.39. The summed E-state index contributed by atoms with van der Waals surface area (Å²) in [5.41, 5.74) is 1.50. The first-order chi connectivity index (χ1) is 7.73. The SMILES string of the molecule is Cc1ccc(N(C)N(C)C(=O)C(F)(F)F)cc1. The van der Waals surface area contributed by atoms with E-state index in [1.165, 1.54) is 7.05 Å². The third kappa shape index (κ3) is 3.12. The molecule has 0 aliphatic carbocycles. The highest BCUT2D eigenvalue weighted by atomic mass is 19.4. The predicted octanol–water partition coefficient (Wildman–Crippen LogP) is 2.37. The lowest BCUT2D eigenvalue weighted by molar-refractivity contribution is -0.184. The summed E-state index contributed by atoms with van der Waals surface area (Å²) in [6.45, 7) is 1.87. The average Bonchev–Trinajstić information content (AvgIpc) is 2.26. The highest BCUT2D eigenvalue weighted by Crippen LogP contribution is 2.21. The number of amides is 1. The molecule has 0 saturated heterocycles. The Balaban J connectivity index is 2.87. The largest absolute Gasteiger partial charge is 0.473 e. The topological polar surface area (TPSA) is 23.6 Å². The molecule has 0 aliphatic heterocycles. The maximum atomic E-state index is 12.2. The first-order valence-electron chi connectivity index (χ1n) is 4.88. The molecule has 94 valence electrons. The van der Waals surface area contributed by atoms with Crippen molar-refractivity contribution in [1.82, 2.24) is 5.01 Å². The van der Waals surface area contributed by atoms with E-state index >= 15 is 0 Å². The summed E-state index contributed by atoms with van der Waals surface area (Å²) in [5, 5.41) is 1.68. The number of aryl methyl sites for hydroxylation is 1. The van der Waals surface area contributed by atoms with Crippen molar-refractivity contribution in [2.45, 2.75) is 13.1 Å². The average molecular weight is 246 g/mol. The number of hydrogen-bond donors (Lipinski definition) is 0. The summed E-state index contributed by atoms with van der Waals surface area (Å²) >= 11 is 0. The number of hydrogen-bond acceptors (Lipinski definition) is 2. The van der Waals surface area contributed by atoms with Crippen LogP contribution < -0.4 is 5.01 Å². The number of anilines is 1. The molecule has 0 bridgehead atoms. The van der Waals surface area contributed by atoms with E-state index in [4.69, 9.17) is 0 Å². The molecule has 1 amide bonds. The molecule has 0 atom stereocenters. The van der Waals surface area contributed by atoms with Crippen LogP contribution in [0.2, 0.25) is 0 Å². The smallest absolute Gasteiger partial charge is 0.286 e. The zero-order chi connectivity index (χ0) is 13.2. The molecule has 3 nitrogen and oxygen atoms in total. The van der Waals surface area contributed by atoms with Gasteiger partial charge in [0, 0.05) is 14.1 Å². The van der Waals surface area contributed by atoms with Crippen LogP contribution in [0.5, 0.6) is 0 Å². The van der Waals surface area contributed by atoms with Crippen molar-refractivity contribution >= 4 is 11.6 Å². The summed E-state index contributed by atoms with van der Waals surface area (Å²) in [6, 6.07) is 6.82. The molecule has 6 heteroatoms. The second kappa shape index (κ2) is 4.65. The highest BCUT2D eigenvalue weighted by molar-refractivity contribution is 5.83. The molecule has 17 heavy (non-hydrogen) atoms. The minimum absolute atomic E-state index is 0.510. The van der Waals surface area contributed by atoms with Gasteiger partial charge in [0.15, 0.2) is 0 Å². The van der Waals surface area contributed by atoms with E-state index in [9.17, 15) is 18.0 Å². The third-order valence-electron chi connectivity index (χ3n) is 2.39. The van der Waals surface area contributed by atoms with Gasteiger partial charge in [-0.2, -0.15) is 13.2 Å². The van der Waals surface area contributed by atoms with Crippen molar-refractivity contribution in [3.8, 4) is 0 Å². The van der Waals surface area contributed by atoms with Crippen LogP contribution in [0.15, 0.2) is 24.3 Å². The van der Waals surface area contributed by atoms with Gasteiger partial charge in [-0.15, -0.1) is 0 Å². The minimum atomic E-state index is -4.87. The van der Waals surface area contributed by atoms with Crippen molar-refractivity contribution in [3.63, 3.8) is 0 Å². The minimum Gasteiger partial charge on any atom is -0.286 e. The van der Waals surface area contributed by atoms with Gasteiger partial charge in [-0.05, 0) is 19.1 Å². The van der Waals surface area contributed by atoms with Crippen LogP contribution >= 0.6 is 0 Å². The van der Waals surface area contributed by atoms with Crippen LogP contribution in [0, 0.1) is 6.92 Å². The molecule has 0 N–H and O–H groups in total. The molecule has 0 aromatic heterocycles. The number of halogens is 3. The van der Waals surface area contributed by atoms with Gasteiger partial charge >= 0.3 is 12.1 Å². The van der Waals surface area contributed by atoms with Gasteiger partial charge in [-0.25, -0.2) is 5.01 Å². The van der Waals surface area contributed by atoms with Gasteiger partial charge in [0.1, 0.15) is 0 Å². The van der Waals surface area contributed by atoms with E-state index in [0.717, 1.165) is 17.6 Å². The quantitative estimate of drug-likeness (QED) is 0.748. The van der Waals surface area contributed by atoms with Gasteiger partial charge in [0.25, 0.3) is 0 Å². The zero-order valence-electron chi connectivity index (χ0n) is 9.75. The van der Waals surface area contributed by atoms with E-state index in [1.807, 2.05) is 6.92 Å². The molecule has 0 aliphatic rings. The van der Waals surface area contributed by atoms with Crippen LogP contribution in [-0.4, -0.2) is 31.2 Å². The van der Waals surface area contributed by atoms with Crippen LogP contribution in [0.4, 0.5) is 18.9 Å². The fourth-order valence-corrected chi connectivity index (χ4v) is 1.25. The number of rotatable bonds is 2. The van der Waals surface area contributed by atoms with Crippen molar-refractivity contribution in [3.05, 3.63) is 29.8 Å². The van der Waals surface area contributed by atoms with Gasteiger partial charge in [-0.1, -0.05) is 17.7 Å². The normalized spacial score (nSPS) is 11.2. The molecule has 0 unspecified atom stereocenters. The molecular weight excluding hydrogens is 233 g/mol. The number of carbonyl (C=O) groups is 1. The lowest BCUT2D eigenvalue weighted by atomic mass is 10.2. The van der Waals surface area contributed by atoms with Crippen LogP contribution in [0.25, 0.3) is 0 Å². The molecule has 0 saturated carbocycles. The Kier molecular flexibility index (Phi) is 3.65. The predicted molar refractivity (Wildman–Crippen MR) is 58.4 cm³/mol. The molecule has 1 aromatic carbocycles. The number of nitrogens with zero attached hydrogens (tertiary/aromatic N) is 2. The van der Waals surface area contributed by atoms with E-state index in [0.29, 0.717) is 10.7 Å². The number of carbonyl (C=O) groups excluding carboxylic acids is 1. The fourth-order valence-electron chi connectivity index (χ4n) is 1.25. The van der Waals surface area contributed by atoms with Crippen molar-refractivity contribution < 1.29 is 18.0 Å². The maximum absolute atomic E-state index is 12.2. The van der Waals surface area contributed by atoms with Gasteiger partial charge in [0.05, 0.1) is 5.69 Å². The van der Waals surface area contributed by atoms with Gasteiger partial charge < -0.3 is 0 Å². The Hall–Kier alpha value is -1.72. The Morgan fingerprint density at radius 3 is 2.00 bits per heavy atom. The first kappa shape index (κ1) is 13.3. The first-order valence-corrected chi connectivity index (χ1v) is 4.88. The highest BCUT2D eigenvalue weighted by Gasteiger charge is 2.42. The molecule has 0 spiro atoms. The van der Waals surface area contributed by atoms with E-state index in [1.54, 1.807) is 24.3 Å². The van der Waals surface area contributed by atoms with E-state index in [2.05, 4.69) is 0 Å². The van der Waals surface area contributed by atoms with Crippen molar-refractivity contribution in [2.75, 3.05) is 19.1 Å². The second-order valence-electron chi connectivity index (χ2n) is 3.69. The Morgan fingerprint density at radius 2 is 1.59 bits per heavy atom. The Bertz CT molecular complexity index is 400. The molecule has 1 rings (SSSR count). The molecular formula is C11H13F3N2O. The van der Waals surface area contributed by atoms with Crippen molar-refractivity contribution in [1.29, 1.82) is 0 Å². The number of benzene rings is 1. The number of hydrazine groups is 1. The molecule has 1 aromatic rings. The summed E-state index contributed by atoms with van der Waals surface area (Å²) in [7, 11) is 2.48. The standard InChI is InChI=1S/C11H13F3N2O/c1-8-4-6-9(7-5-8)15(2)16(3)10(17)11(12,13)14/h4-7H,1-3H3. The maximum Gasteiger partial charge on any atom is 0.473 e. The second-order valence-corrected chi connectivity index (χ2v) is 3.69. The summed E-state index contributed by atoms with van der Waals surface area (Å²) in [6.07, 6.45) is -4.87. The Morgan fingerprint density at radius 1 is 1.12 bits per heavy atom. The van der Waals surface area contributed by atoms with Crippen LogP contribution in [-0.2, 0) is 4.79 Å². The molecule has 0 heterocycles. The lowest BCUT2D eigenvalue weighted by Crippen LogP contribution is -2.47. The molecule has 0 radical (unpaired) electrons. The molecule has 0 fully saturated rings. The summed E-state index contributed by atoms with van der Waals surface area (Å²) in [4.78, 5) is 11.0. The van der Waals surface area contributed by atoms with Gasteiger partial charge in [0.2, 0.25) is 0 Å². The van der Waals surface area contributed by atoms with E-state index in [-0.39, 0.29) is 0 Å². The monoisotopic (exact) mass is 246 g/mol. The van der Waals surface area contributed by atoms with Crippen molar-refractivity contribution in [2.24, 2.45) is 0 Å². The van der Waals surface area contributed by atoms with Crippen LogP contribution in [0.3, 0.4) is 0 Å². The van der Waals surface area contributed by atoms with E-state index < -0.39 is 12.1 Å². The summed E-state index contributed by atoms with van der Waals surface area (Å²) < 4.78 is 36.7. The summed E-state index contributed by atoms with van der Waals surface area (Å²) in [5.74, 6) is -1.90. The van der Waals surface area contributed by atoms with Crippen LogP contribution in [0.1, 0.15) is 5.56 Å². The zero-order valence-corrected chi connectivity index (χ0v) is 9.75. The fraction of sp³-hybridized carbons (Fsp3) is 0.364. The Labute approximate surface area is 97.4 Å². The number of alkyl halides is 3. The van der Waals surface area contributed by atoms with Gasteiger partial charge in [-0.3, -0.25) is 9.80 Å². The lowest BCUT2D eigenvalue weighted by Gasteiger charge is -2.30.